The van der Waals surface area contributed by atoms with E-state index in [-0.39, 0.29) is 67.6 Å². The third-order valence-corrected chi connectivity index (χ3v) is 6.67. The van der Waals surface area contributed by atoms with Gasteiger partial charge in [-0.25, -0.2) is 4.79 Å². The molecule has 2 aliphatic heterocycles. The number of hydrogen-bond donors (Lipinski definition) is 1. The SMILES string of the molecule is O=C(O)[C@H](CCC(=O)N1CCN(C(=O)CCOc2ccc([N+](=O)[O-])cc2)CC1)N1C(=O)c2ccccc2C1=O. The lowest BCUT2D eigenvalue weighted by molar-refractivity contribution is -0.384. The van der Waals surface area contributed by atoms with Gasteiger partial charge in [0.1, 0.15) is 11.8 Å². The number of ether oxygens (including phenoxy) is 1. The standard InChI is InChI=1S/C26H26N4O9/c31-22(10-9-21(26(35)36)29-24(33)19-3-1-2-4-20(19)25(29)34)27-12-14-28(15-13-27)23(32)11-16-39-18-7-5-17(6-8-18)30(37)38/h1-8,21H,9-16H2,(H,35,36)/t21-/m0/s1. The molecule has 1 saturated heterocycles. The van der Waals surface area contributed by atoms with E-state index < -0.39 is 28.7 Å². The lowest BCUT2D eigenvalue weighted by Gasteiger charge is -2.35. The maximum atomic E-state index is 12.8. The van der Waals surface area contributed by atoms with Crippen molar-refractivity contribution >= 4 is 35.3 Å². The molecule has 0 radical (unpaired) electrons. The van der Waals surface area contributed by atoms with E-state index in [2.05, 4.69) is 0 Å². The monoisotopic (exact) mass is 538 g/mol. The third-order valence-electron chi connectivity index (χ3n) is 6.67. The molecule has 4 amide bonds. The number of nitro groups is 1. The second-order valence-corrected chi connectivity index (χ2v) is 9.03. The van der Waals surface area contributed by atoms with E-state index in [1.807, 2.05) is 0 Å². The average molecular weight is 539 g/mol. The Bertz CT molecular complexity index is 1270. The number of aliphatic carboxylic acids is 1. The summed E-state index contributed by atoms with van der Waals surface area (Å²) in [6.45, 7) is 1.20. The van der Waals surface area contributed by atoms with Gasteiger partial charge in [0.15, 0.2) is 0 Å². The van der Waals surface area contributed by atoms with Gasteiger partial charge in [-0.1, -0.05) is 12.1 Å². The Morgan fingerprint density at radius 1 is 0.872 bits per heavy atom. The molecular formula is C26H26N4O9. The molecule has 4 rings (SSSR count). The highest BCUT2D eigenvalue weighted by molar-refractivity contribution is 6.22. The van der Waals surface area contributed by atoms with Crippen molar-refractivity contribution in [2.24, 2.45) is 0 Å². The molecule has 1 fully saturated rings. The minimum Gasteiger partial charge on any atom is -0.493 e. The first-order valence-corrected chi connectivity index (χ1v) is 12.3. The quantitative estimate of drug-likeness (QED) is 0.268. The number of non-ortho nitro benzene ring substituents is 1. The number of nitrogens with zero attached hydrogens (tertiary/aromatic N) is 4. The fourth-order valence-corrected chi connectivity index (χ4v) is 4.56. The number of piperazine rings is 1. The second kappa shape index (κ2) is 11.7. The number of carboxylic acids is 1. The number of hydrogen-bond acceptors (Lipinski definition) is 8. The maximum absolute atomic E-state index is 12.8. The Kier molecular flexibility index (Phi) is 8.18. The Morgan fingerprint density at radius 2 is 1.38 bits per heavy atom. The molecule has 1 N–H and O–H groups in total. The summed E-state index contributed by atoms with van der Waals surface area (Å²) >= 11 is 0. The third kappa shape index (κ3) is 6.03. The molecule has 0 spiro atoms. The molecule has 0 bridgehead atoms. The van der Waals surface area contributed by atoms with Gasteiger partial charge in [-0.2, -0.15) is 0 Å². The fraction of sp³-hybridized carbons (Fsp3) is 0.346. The molecule has 2 aromatic carbocycles. The van der Waals surface area contributed by atoms with Crippen molar-refractivity contribution in [3.63, 3.8) is 0 Å². The van der Waals surface area contributed by atoms with E-state index >= 15 is 0 Å². The van der Waals surface area contributed by atoms with Gasteiger partial charge in [-0.3, -0.25) is 34.2 Å². The first-order valence-electron chi connectivity index (χ1n) is 12.3. The van der Waals surface area contributed by atoms with Crippen LogP contribution in [0.25, 0.3) is 0 Å². The summed E-state index contributed by atoms with van der Waals surface area (Å²) in [6.07, 6.45) is -0.314. The first-order chi connectivity index (χ1) is 18.7. The summed E-state index contributed by atoms with van der Waals surface area (Å²) in [6, 6.07) is 10.2. The number of carbonyl (C=O) groups excluding carboxylic acids is 4. The summed E-state index contributed by atoms with van der Waals surface area (Å²) in [5, 5.41) is 20.4. The highest BCUT2D eigenvalue weighted by Crippen LogP contribution is 2.26. The van der Waals surface area contributed by atoms with Crippen LogP contribution in [-0.4, -0.2) is 93.2 Å². The van der Waals surface area contributed by atoms with Crippen LogP contribution in [-0.2, 0) is 14.4 Å². The van der Waals surface area contributed by atoms with Crippen molar-refractivity contribution in [3.8, 4) is 5.75 Å². The smallest absolute Gasteiger partial charge is 0.326 e. The number of amides is 4. The van der Waals surface area contributed by atoms with Crippen LogP contribution in [0.2, 0.25) is 0 Å². The zero-order valence-electron chi connectivity index (χ0n) is 20.9. The van der Waals surface area contributed by atoms with Crippen LogP contribution in [0.4, 0.5) is 5.69 Å². The van der Waals surface area contributed by atoms with Crippen molar-refractivity contribution in [1.29, 1.82) is 0 Å². The molecule has 0 aromatic heterocycles. The molecular weight excluding hydrogens is 512 g/mol. The molecule has 204 valence electrons. The second-order valence-electron chi connectivity index (χ2n) is 9.03. The van der Waals surface area contributed by atoms with Gasteiger partial charge in [0.2, 0.25) is 11.8 Å². The number of carbonyl (C=O) groups is 5. The normalized spacial score (nSPS) is 15.6. The zero-order valence-corrected chi connectivity index (χ0v) is 20.9. The molecule has 0 aliphatic carbocycles. The predicted molar refractivity (Wildman–Crippen MR) is 134 cm³/mol. The Balaban J connectivity index is 1.22. The zero-order chi connectivity index (χ0) is 28.1. The van der Waals surface area contributed by atoms with Crippen LogP contribution in [0.3, 0.4) is 0 Å². The van der Waals surface area contributed by atoms with Gasteiger partial charge in [-0.15, -0.1) is 0 Å². The number of imide groups is 1. The van der Waals surface area contributed by atoms with Gasteiger partial charge >= 0.3 is 5.97 Å². The van der Waals surface area contributed by atoms with Gasteiger partial charge in [0.05, 0.1) is 29.1 Å². The molecule has 0 saturated carbocycles. The number of carboxylic acid groups (broad SMARTS) is 1. The summed E-state index contributed by atoms with van der Waals surface area (Å²) < 4.78 is 5.48. The summed E-state index contributed by atoms with van der Waals surface area (Å²) in [7, 11) is 0. The van der Waals surface area contributed by atoms with Gasteiger partial charge in [-0.05, 0) is 30.7 Å². The highest BCUT2D eigenvalue weighted by Gasteiger charge is 2.43. The van der Waals surface area contributed by atoms with Crippen LogP contribution in [0.5, 0.6) is 5.75 Å². The number of nitro benzene ring substituents is 1. The Morgan fingerprint density at radius 3 is 1.87 bits per heavy atom. The molecule has 2 heterocycles. The van der Waals surface area contributed by atoms with E-state index in [0.717, 1.165) is 0 Å². The molecule has 0 unspecified atom stereocenters. The highest BCUT2D eigenvalue weighted by atomic mass is 16.6. The van der Waals surface area contributed by atoms with Gasteiger partial charge in [0, 0.05) is 44.7 Å². The summed E-state index contributed by atoms with van der Waals surface area (Å²) in [5.41, 5.74) is 0.214. The molecule has 2 aliphatic rings. The fourth-order valence-electron chi connectivity index (χ4n) is 4.56. The molecule has 39 heavy (non-hydrogen) atoms. The topological polar surface area (TPSA) is 168 Å². The predicted octanol–water partition coefficient (Wildman–Crippen LogP) is 1.56. The van der Waals surface area contributed by atoms with Crippen molar-refractivity contribution in [1.82, 2.24) is 14.7 Å². The summed E-state index contributed by atoms with van der Waals surface area (Å²) in [5.74, 6) is -2.85. The Hall–Kier alpha value is -4.81. The molecule has 2 aromatic rings. The van der Waals surface area contributed by atoms with Crippen LogP contribution in [0, 0.1) is 10.1 Å². The van der Waals surface area contributed by atoms with E-state index in [9.17, 15) is 39.2 Å². The summed E-state index contributed by atoms with van der Waals surface area (Å²) in [4.78, 5) is 76.5. The van der Waals surface area contributed by atoms with Crippen LogP contribution in [0.15, 0.2) is 48.5 Å². The minimum absolute atomic E-state index is 0.0621. The Labute approximate surface area is 222 Å². The maximum Gasteiger partial charge on any atom is 0.326 e. The number of fused-ring (bicyclic) bond motifs is 1. The van der Waals surface area contributed by atoms with E-state index in [4.69, 9.17) is 4.74 Å². The minimum atomic E-state index is -1.47. The van der Waals surface area contributed by atoms with Crippen molar-refractivity contribution < 1.29 is 38.7 Å². The first kappa shape index (κ1) is 27.2. The van der Waals surface area contributed by atoms with Crippen molar-refractivity contribution in [3.05, 3.63) is 69.8 Å². The van der Waals surface area contributed by atoms with Crippen LogP contribution < -0.4 is 4.74 Å². The van der Waals surface area contributed by atoms with E-state index in [1.165, 1.54) is 41.3 Å². The van der Waals surface area contributed by atoms with Gasteiger partial charge < -0.3 is 19.6 Å². The number of benzene rings is 2. The van der Waals surface area contributed by atoms with E-state index in [0.29, 0.717) is 23.7 Å². The van der Waals surface area contributed by atoms with E-state index in [1.54, 1.807) is 17.0 Å². The van der Waals surface area contributed by atoms with Crippen molar-refractivity contribution in [2.45, 2.75) is 25.3 Å². The van der Waals surface area contributed by atoms with Gasteiger partial charge in [0.25, 0.3) is 17.5 Å². The molecule has 13 heteroatoms. The lowest BCUT2D eigenvalue weighted by Crippen LogP contribution is -2.51. The lowest BCUT2D eigenvalue weighted by atomic mass is 10.1. The van der Waals surface area contributed by atoms with Crippen LogP contribution >= 0.6 is 0 Å². The molecule has 1 atom stereocenters. The molecule has 13 nitrogen and oxygen atoms in total. The van der Waals surface area contributed by atoms with Crippen LogP contribution in [0.1, 0.15) is 40.0 Å². The largest absolute Gasteiger partial charge is 0.493 e. The average Bonchev–Trinajstić information content (AvgIpc) is 3.18. The van der Waals surface area contributed by atoms with Crippen molar-refractivity contribution in [2.75, 3.05) is 32.8 Å². The number of rotatable bonds is 10.